The second kappa shape index (κ2) is 4.83. The fourth-order valence-electron chi connectivity index (χ4n) is 1.64. The number of halogens is 2. The van der Waals surface area contributed by atoms with E-state index in [1.807, 2.05) is 5.32 Å². The van der Waals surface area contributed by atoms with Crippen molar-refractivity contribution in [3.8, 4) is 0 Å². The quantitative estimate of drug-likeness (QED) is 0.782. The highest BCUT2D eigenvalue weighted by molar-refractivity contribution is 5.90. The number of hydrogen-bond acceptors (Lipinski definition) is 2. The molecule has 1 aliphatic carbocycles. The van der Waals surface area contributed by atoms with Gasteiger partial charge >= 0.3 is 12.0 Å². The maximum absolute atomic E-state index is 13.2. The third-order valence-corrected chi connectivity index (χ3v) is 3.10. The van der Waals surface area contributed by atoms with Crippen LogP contribution in [-0.4, -0.2) is 23.7 Å². The van der Waals surface area contributed by atoms with Gasteiger partial charge in [0.05, 0.1) is 5.41 Å². The minimum Gasteiger partial charge on any atom is -0.481 e. The molecule has 0 radical (unpaired) electrons. The zero-order chi connectivity index (χ0) is 14.0. The third kappa shape index (κ3) is 2.81. The monoisotopic (exact) mass is 270 g/mol. The molecule has 0 aliphatic heterocycles. The van der Waals surface area contributed by atoms with Gasteiger partial charge in [-0.3, -0.25) is 4.79 Å². The van der Waals surface area contributed by atoms with Crippen molar-refractivity contribution < 1.29 is 23.5 Å². The van der Waals surface area contributed by atoms with Gasteiger partial charge in [0.1, 0.15) is 17.3 Å². The number of urea groups is 1. The average Bonchev–Trinajstić information content (AvgIpc) is 3.13. The lowest BCUT2D eigenvalue weighted by Crippen LogP contribution is -2.37. The predicted molar refractivity (Wildman–Crippen MR) is 62.7 cm³/mol. The first-order valence-corrected chi connectivity index (χ1v) is 5.67. The van der Waals surface area contributed by atoms with Gasteiger partial charge in [-0.2, -0.15) is 0 Å². The molecule has 5 nitrogen and oxygen atoms in total. The number of aliphatic carboxylic acids is 1. The summed E-state index contributed by atoms with van der Waals surface area (Å²) in [5.41, 5.74) is -1.48. The van der Waals surface area contributed by atoms with Gasteiger partial charge in [-0.1, -0.05) is 6.07 Å². The molecule has 1 aromatic rings. The number of hydrogen-bond donors (Lipinski definition) is 3. The Bertz CT molecular complexity index is 509. The third-order valence-electron chi connectivity index (χ3n) is 3.10. The number of carbonyl (C=O) groups is 2. The van der Waals surface area contributed by atoms with Crippen molar-refractivity contribution in [3.63, 3.8) is 0 Å². The Balaban J connectivity index is 1.93. The number of para-hydroxylation sites is 1. The summed E-state index contributed by atoms with van der Waals surface area (Å²) in [5, 5.41) is 13.2. The van der Waals surface area contributed by atoms with Crippen molar-refractivity contribution in [3.05, 3.63) is 29.8 Å². The summed E-state index contributed by atoms with van der Waals surface area (Å²) in [6, 6.07) is 2.37. The van der Waals surface area contributed by atoms with E-state index in [0.717, 1.165) is 12.1 Å². The van der Waals surface area contributed by atoms with E-state index in [0.29, 0.717) is 12.8 Å². The molecule has 2 rings (SSSR count). The number of amides is 2. The summed E-state index contributed by atoms with van der Waals surface area (Å²) < 4.78 is 26.5. The summed E-state index contributed by atoms with van der Waals surface area (Å²) in [5.74, 6) is -2.77. The van der Waals surface area contributed by atoms with Crippen LogP contribution < -0.4 is 10.6 Å². The number of rotatable bonds is 4. The highest BCUT2D eigenvalue weighted by Gasteiger charge is 2.50. The molecular formula is C12H12F2N2O3. The normalized spacial score (nSPS) is 15.7. The van der Waals surface area contributed by atoms with Crippen LogP contribution >= 0.6 is 0 Å². The lowest BCUT2D eigenvalue weighted by Gasteiger charge is -2.12. The molecule has 7 heteroatoms. The number of carboxylic acids is 1. The Morgan fingerprint density at radius 3 is 2.32 bits per heavy atom. The first-order chi connectivity index (χ1) is 8.94. The van der Waals surface area contributed by atoms with Crippen molar-refractivity contribution in [1.82, 2.24) is 5.32 Å². The summed E-state index contributed by atoms with van der Waals surface area (Å²) in [6.07, 6.45) is 0.966. The molecule has 0 unspecified atom stereocenters. The molecule has 102 valence electrons. The van der Waals surface area contributed by atoms with Gasteiger partial charge in [0.2, 0.25) is 0 Å². The molecule has 3 N–H and O–H groups in total. The van der Waals surface area contributed by atoms with Crippen molar-refractivity contribution >= 4 is 17.7 Å². The highest BCUT2D eigenvalue weighted by atomic mass is 19.1. The fraction of sp³-hybridized carbons (Fsp3) is 0.333. The summed E-state index contributed by atoms with van der Waals surface area (Å²) in [7, 11) is 0. The number of carbonyl (C=O) groups excluding carboxylic acids is 1. The van der Waals surface area contributed by atoms with E-state index in [1.165, 1.54) is 6.07 Å². The minimum absolute atomic E-state index is 0.0652. The van der Waals surface area contributed by atoms with Crippen molar-refractivity contribution in [2.24, 2.45) is 5.41 Å². The van der Waals surface area contributed by atoms with Crippen LogP contribution in [0.2, 0.25) is 0 Å². The van der Waals surface area contributed by atoms with Gasteiger partial charge in [0.25, 0.3) is 0 Å². The first-order valence-electron chi connectivity index (χ1n) is 5.67. The molecule has 19 heavy (non-hydrogen) atoms. The van der Waals surface area contributed by atoms with E-state index in [9.17, 15) is 18.4 Å². The lowest BCUT2D eigenvalue weighted by molar-refractivity contribution is -0.143. The zero-order valence-corrected chi connectivity index (χ0v) is 9.87. The van der Waals surface area contributed by atoms with Gasteiger partial charge in [-0.15, -0.1) is 0 Å². The molecule has 0 saturated heterocycles. The molecule has 1 fully saturated rings. The van der Waals surface area contributed by atoms with Gasteiger partial charge in [-0.05, 0) is 25.0 Å². The molecule has 1 saturated carbocycles. The predicted octanol–water partition coefficient (Wildman–Crippen LogP) is 1.95. The van der Waals surface area contributed by atoms with Crippen LogP contribution in [0.25, 0.3) is 0 Å². The average molecular weight is 270 g/mol. The molecule has 1 aromatic carbocycles. The van der Waals surface area contributed by atoms with E-state index in [4.69, 9.17) is 5.11 Å². The van der Waals surface area contributed by atoms with Crippen molar-refractivity contribution in [2.45, 2.75) is 12.8 Å². The largest absolute Gasteiger partial charge is 0.481 e. The van der Waals surface area contributed by atoms with Crippen LogP contribution in [-0.2, 0) is 4.79 Å². The maximum Gasteiger partial charge on any atom is 0.319 e. The van der Waals surface area contributed by atoms with Gasteiger partial charge in [0.15, 0.2) is 0 Å². The minimum atomic E-state index is -0.982. The number of nitrogens with one attached hydrogen (secondary N) is 2. The van der Waals surface area contributed by atoms with Crippen LogP contribution in [0, 0.1) is 17.0 Å². The molecule has 1 aliphatic rings. The lowest BCUT2D eigenvalue weighted by atomic mass is 10.1. The van der Waals surface area contributed by atoms with Crippen molar-refractivity contribution in [1.29, 1.82) is 0 Å². The number of anilines is 1. The molecule has 0 atom stereocenters. The second-order valence-corrected chi connectivity index (χ2v) is 4.49. The van der Waals surface area contributed by atoms with Gasteiger partial charge in [-0.25, -0.2) is 13.6 Å². The summed E-state index contributed by atoms with van der Waals surface area (Å²) in [4.78, 5) is 22.3. The molecule has 0 aromatic heterocycles. The number of carboxylic acid groups (broad SMARTS) is 1. The van der Waals surface area contributed by atoms with E-state index in [1.54, 1.807) is 0 Å². The van der Waals surface area contributed by atoms with Crippen LogP contribution in [0.5, 0.6) is 0 Å². The van der Waals surface area contributed by atoms with Crippen LogP contribution in [0.15, 0.2) is 18.2 Å². The van der Waals surface area contributed by atoms with Crippen LogP contribution in [0.3, 0.4) is 0 Å². The Hall–Kier alpha value is -2.18. The smallest absolute Gasteiger partial charge is 0.319 e. The van der Waals surface area contributed by atoms with E-state index in [-0.39, 0.29) is 6.54 Å². The first kappa shape index (κ1) is 13.3. The SMILES string of the molecule is O=C(NCC1(C(=O)O)CC1)Nc1c(F)cccc1F. The Kier molecular flexibility index (Phi) is 3.37. The maximum atomic E-state index is 13.2. The van der Waals surface area contributed by atoms with Gasteiger partial charge in [0, 0.05) is 6.54 Å². The van der Waals surface area contributed by atoms with E-state index < -0.39 is 34.7 Å². The zero-order valence-electron chi connectivity index (χ0n) is 9.87. The standard InChI is InChI=1S/C12H12F2N2O3/c13-7-2-1-3-8(14)9(7)16-11(19)15-6-12(4-5-12)10(17)18/h1-3H,4-6H2,(H,17,18)(H2,15,16,19). The topological polar surface area (TPSA) is 78.4 Å². The van der Waals surface area contributed by atoms with E-state index in [2.05, 4.69) is 5.32 Å². The van der Waals surface area contributed by atoms with Gasteiger partial charge < -0.3 is 15.7 Å². The molecule has 0 heterocycles. The van der Waals surface area contributed by atoms with Crippen LogP contribution in [0.4, 0.5) is 19.3 Å². The molecular weight excluding hydrogens is 258 g/mol. The molecule has 0 bridgehead atoms. The van der Waals surface area contributed by atoms with Crippen molar-refractivity contribution in [2.75, 3.05) is 11.9 Å². The second-order valence-electron chi connectivity index (χ2n) is 4.49. The highest BCUT2D eigenvalue weighted by Crippen LogP contribution is 2.45. The molecule has 0 spiro atoms. The molecule has 2 amide bonds. The number of benzene rings is 1. The van der Waals surface area contributed by atoms with E-state index >= 15 is 0 Å². The fourth-order valence-corrected chi connectivity index (χ4v) is 1.64. The van der Waals surface area contributed by atoms with Crippen LogP contribution in [0.1, 0.15) is 12.8 Å². The summed E-state index contributed by atoms with van der Waals surface area (Å²) in [6.45, 7) is -0.0652. The Morgan fingerprint density at radius 1 is 1.26 bits per heavy atom. The summed E-state index contributed by atoms with van der Waals surface area (Å²) >= 11 is 0. The Labute approximate surface area is 107 Å². The Morgan fingerprint density at radius 2 is 1.84 bits per heavy atom.